The van der Waals surface area contributed by atoms with Gasteiger partial charge >= 0.3 is 6.61 Å². The van der Waals surface area contributed by atoms with Crippen molar-refractivity contribution in [3.05, 3.63) is 24.3 Å². The summed E-state index contributed by atoms with van der Waals surface area (Å²) in [7, 11) is 0. The van der Waals surface area contributed by atoms with E-state index in [9.17, 15) is 13.6 Å². The largest absolute Gasteiger partial charge is 0.433 e. The summed E-state index contributed by atoms with van der Waals surface area (Å²) in [6.45, 7) is 1.84. The topological polar surface area (TPSA) is 65.4 Å². The number of nitriles is 1. The minimum atomic E-state index is -2.96. The van der Waals surface area contributed by atoms with Crippen molar-refractivity contribution in [1.29, 1.82) is 5.26 Å². The maximum atomic E-state index is 12.3. The smallest absolute Gasteiger partial charge is 0.387 e. The number of nitrogens with one attached hydrogen (secondary N) is 1. The Labute approximate surface area is 128 Å². The Morgan fingerprint density at radius 1 is 1.45 bits per heavy atom. The van der Waals surface area contributed by atoms with Gasteiger partial charge in [-0.1, -0.05) is 19.1 Å². The molecule has 0 aliphatic rings. The summed E-state index contributed by atoms with van der Waals surface area (Å²) in [5, 5.41) is 11.4. The number of para-hydroxylation sites is 2. The van der Waals surface area contributed by atoms with Gasteiger partial charge < -0.3 is 10.1 Å². The van der Waals surface area contributed by atoms with Crippen molar-refractivity contribution < 1.29 is 18.3 Å². The van der Waals surface area contributed by atoms with E-state index in [1.807, 2.05) is 6.92 Å². The number of nitrogens with zero attached hydrogens (tertiary/aromatic N) is 2. The number of likely N-dealkylation sites (N-methyl/N-ethyl adjacent to an activating group) is 1. The van der Waals surface area contributed by atoms with Crippen LogP contribution < -0.4 is 10.1 Å². The third-order valence-corrected chi connectivity index (χ3v) is 2.94. The minimum Gasteiger partial charge on any atom is -0.433 e. The van der Waals surface area contributed by atoms with E-state index >= 15 is 0 Å². The van der Waals surface area contributed by atoms with Crippen molar-refractivity contribution in [2.45, 2.75) is 20.5 Å². The number of benzene rings is 1. The van der Waals surface area contributed by atoms with Gasteiger partial charge in [0.1, 0.15) is 5.75 Å². The predicted molar refractivity (Wildman–Crippen MR) is 78.6 cm³/mol. The molecule has 0 aliphatic carbocycles. The van der Waals surface area contributed by atoms with Crippen LogP contribution in [0.25, 0.3) is 0 Å². The zero-order chi connectivity index (χ0) is 16.5. The van der Waals surface area contributed by atoms with Crippen LogP contribution in [0.4, 0.5) is 14.5 Å². The van der Waals surface area contributed by atoms with Crippen LogP contribution in [0.1, 0.15) is 13.8 Å². The molecular weight excluding hydrogens is 292 g/mol. The first kappa shape index (κ1) is 17.9. The summed E-state index contributed by atoms with van der Waals surface area (Å²) < 4.78 is 29.0. The molecule has 1 aromatic rings. The second kappa shape index (κ2) is 8.95. The van der Waals surface area contributed by atoms with Crippen LogP contribution in [0, 0.1) is 17.2 Å². The fraction of sp³-hybridized carbons (Fsp3) is 0.467. The van der Waals surface area contributed by atoms with Gasteiger partial charge in [0, 0.05) is 6.54 Å². The van der Waals surface area contributed by atoms with Crippen molar-refractivity contribution in [2.75, 3.05) is 25.0 Å². The molecule has 7 heteroatoms. The summed E-state index contributed by atoms with van der Waals surface area (Å²) in [5.74, 6) is -0.626. The van der Waals surface area contributed by atoms with E-state index in [-0.39, 0.29) is 29.8 Å². The molecule has 0 aromatic heterocycles. The molecule has 0 aliphatic heterocycles. The molecule has 22 heavy (non-hydrogen) atoms. The van der Waals surface area contributed by atoms with Gasteiger partial charge in [-0.25, -0.2) is 0 Å². The average molecular weight is 311 g/mol. The van der Waals surface area contributed by atoms with Crippen molar-refractivity contribution in [1.82, 2.24) is 4.90 Å². The van der Waals surface area contributed by atoms with E-state index in [1.54, 1.807) is 24.0 Å². The zero-order valence-corrected chi connectivity index (χ0v) is 12.6. The molecule has 1 atom stereocenters. The first-order chi connectivity index (χ1) is 10.5. The van der Waals surface area contributed by atoms with E-state index in [4.69, 9.17) is 5.26 Å². The molecule has 1 amide bonds. The van der Waals surface area contributed by atoms with Crippen LogP contribution >= 0.6 is 0 Å². The first-order valence-electron chi connectivity index (χ1n) is 6.91. The highest BCUT2D eigenvalue weighted by atomic mass is 19.3. The van der Waals surface area contributed by atoms with Crippen molar-refractivity contribution in [2.24, 2.45) is 5.92 Å². The Morgan fingerprint density at radius 2 is 2.14 bits per heavy atom. The number of carbonyl (C=O) groups excluding carboxylic acids is 1. The normalized spacial score (nSPS) is 12.0. The Hall–Kier alpha value is -2.20. The third-order valence-electron chi connectivity index (χ3n) is 2.94. The average Bonchev–Trinajstić information content (AvgIpc) is 2.47. The quantitative estimate of drug-likeness (QED) is 0.801. The van der Waals surface area contributed by atoms with Gasteiger partial charge in [-0.05, 0) is 25.6 Å². The maximum Gasteiger partial charge on any atom is 0.387 e. The monoisotopic (exact) mass is 311 g/mol. The summed E-state index contributed by atoms with van der Waals surface area (Å²) in [4.78, 5) is 13.8. The Bertz CT molecular complexity index is 532. The Balaban J connectivity index is 2.66. The molecule has 0 saturated carbocycles. The number of alkyl halides is 2. The van der Waals surface area contributed by atoms with E-state index in [1.165, 1.54) is 12.1 Å². The highest BCUT2D eigenvalue weighted by Crippen LogP contribution is 2.25. The molecule has 0 radical (unpaired) electrons. The highest BCUT2D eigenvalue weighted by molar-refractivity contribution is 5.93. The van der Waals surface area contributed by atoms with E-state index in [0.717, 1.165) is 0 Å². The van der Waals surface area contributed by atoms with Gasteiger partial charge in [0.2, 0.25) is 5.91 Å². The number of hydrogen-bond donors (Lipinski definition) is 1. The molecule has 1 N–H and O–H groups in total. The van der Waals surface area contributed by atoms with Gasteiger partial charge in [-0.15, -0.1) is 0 Å². The van der Waals surface area contributed by atoms with Crippen LogP contribution in [0.5, 0.6) is 5.75 Å². The molecule has 1 rings (SSSR count). The van der Waals surface area contributed by atoms with Crippen LogP contribution in [-0.2, 0) is 4.79 Å². The van der Waals surface area contributed by atoms with Gasteiger partial charge in [-0.3, -0.25) is 9.69 Å². The van der Waals surface area contributed by atoms with Gasteiger partial charge in [-0.2, -0.15) is 14.0 Å². The molecule has 1 unspecified atom stereocenters. The first-order valence-corrected chi connectivity index (χ1v) is 6.91. The summed E-state index contributed by atoms with van der Waals surface area (Å²) >= 11 is 0. The zero-order valence-electron chi connectivity index (χ0n) is 12.6. The molecule has 0 spiro atoms. The summed E-state index contributed by atoms with van der Waals surface area (Å²) in [6.07, 6.45) is 0. The number of hydrogen-bond acceptors (Lipinski definition) is 4. The number of rotatable bonds is 8. The van der Waals surface area contributed by atoms with Crippen LogP contribution in [0.3, 0.4) is 0 Å². The lowest BCUT2D eigenvalue weighted by atomic mass is 10.2. The van der Waals surface area contributed by atoms with Gasteiger partial charge in [0.15, 0.2) is 0 Å². The second-order valence-electron chi connectivity index (χ2n) is 4.78. The van der Waals surface area contributed by atoms with Crippen LogP contribution in [0.15, 0.2) is 24.3 Å². The van der Waals surface area contributed by atoms with Crippen molar-refractivity contribution >= 4 is 11.6 Å². The lowest BCUT2D eigenvalue weighted by molar-refractivity contribution is -0.117. The number of carbonyl (C=O) groups is 1. The molecule has 1 aromatic carbocycles. The number of ether oxygens (including phenoxy) is 1. The molecule has 0 heterocycles. The third kappa shape index (κ3) is 6.06. The van der Waals surface area contributed by atoms with Crippen molar-refractivity contribution in [3.8, 4) is 11.8 Å². The molecule has 5 nitrogen and oxygen atoms in total. The number of anilines is 1. The lowest BCUT2D eigenvalue weighted by Gasteiger charge is -2.21. The van der Waals surface area contributed by atoms with Crippen LogP contribution in [0.2, 0.25) is 0 Å². The second-order valence-corrected chi connectivity index (χ2v) is 4.78. The Kier molecular flexibility index (Phi) is 7.26. The van der Waals surface area contributed by atoms with Gasteiger partial charge in [0.05, 0.1) is 24.2 Å². The fourth-order valence-corrected chi connectivity index (χ4v) is 1.90. The fourth-order valence-electron chi connectivity index (χ4n) is 1.90. The Morgan fingerprint density at radius 3 is 2.73 bits per heavy atom. The van der Waals surface area contributed by atoms with Crippen molar-refractivity contribution in [3.63, 3.8) is 0 Å². The number of halogens is 2. The van der Waals surface area contributed by atoms with E-state index < -0.39 is 6.61 Å². The number of amides is 1. The molecule has 0 saturated heterocycles. The lowest BCUT2D eigenvalue weighted by Crippen LogP contribution is -2.35. The van der Waals surface area contributed by atoms with E-state index in [2.05, 4.69) is 16.1 Å². The standard InChI is InChI=1S/C15H19F2N3O2/c1-3-20(9-11(2)8-18)10-14(21)19-12-6-4-5-7-13(12)22-15(16)17/h4-7,11,15H,3,9-10H2,1-2H3,(H,19,21). The molecule has 0 fully saturated rings. The highest BCUT2D eigenvalue weighted by Gasteiger charge is 2.15. The summed E-state index contributed by atoms with van der Waals surface area (Å²) in [6, 6.07) is 8.11. The molecule has 120 valence electrons. The van der Waals surface area contributed by atoms with Crippen LogP contribution in [-0.4, -0.2) is 37.1 Å². The summed E-state index contributed by atoms with van der Waals surface area (Å²) in [5.41, 5.74) is 0.192. The SMILES string of the molecule is CCN(CC(=O)Nc1ccccc1OC(F)F)CC(C)C#N. The maximum absolute atomic E-state index is 12.3. The van der Waals surface area contributed by atoms with Gasteiger partial charge in [0.25, 0.3) is 0 Å². The molecular formula is C15H19F2N3O2. The predicted octanol–water partition coefficient (Wildman–Crippen LogP) is 2.71. The molecule has 0 bridgehead atoms. The van der Waals surface area contributed by atoms with E-state index in [0.29, 0.717) is 13.1 Å². The minimum absolute atomic E-state index is 0.0749.